The highest BCUT2D eigenvalue weighted by Crippen LogP contribution is 2.31. The first-order chi connectivity index (χ1) is 12.5. The Morgan fingerprint density at radius 3 is 2.92 bits per heavy atom. The lowest BCUT2D eigenvalue weighted by Gasteiger charge is -2.28. The fourth-order valence-corrected chi connectivity index (χ4v) is 4.58. The molecule has 2 aliphatic rings. The van der Waals surface area contributed by atoms with Gasteiger partial charge in [-0.05, 0) is 48.9 Å². The number of nitrogens with zero attached hydrogens (tertiary/aromatic N) is 2. The first-order valence-electron chi connectivity index (χ1n) is 9.33. The van der Waals surface area contributed by atoms with Crippen LogP contribution in [0, 0.1) is 11.7 Å². The summed E-state index contributed by atoms with van der Waals surface area (Å²) in [4.78, 5) is 31.5. The molecule has 2 fully saturated rings. The number of likely N-dealkylation sites (tertiary alicyclic amines) is 2. The zero-order valence-corrected chi connectivity index (χ0v) is 15.0. The summed E-state index contributed by atoms with van der Waals surface area (Å²) in [7, 11) is 0. The third-order valence-electron chi connectivity index (χ3n) is 5.90. The van der Waals surface area contributed by atoms with E-state index in [1.807, 2.05) is 9.80 Å². The minimum atomic E-state index is -0.286. The highest BCUT2D eigenvalue weighted by molar-refractivity contribution is 5.89. The summed E-state index contributed by atoms with van der Waals surface area (Å²) in [6, 6.07) is 4.87. The van der Waals surface area contributed by atoms with E-state index in [9.17, 15) is 14.0 Å². The smallest absolute Gasteiger partial charge is 0.227 e. The summed E-state index contributed by atoms with van der Waals surface area (Å²) in [5.74, 6) is 0.335. The minimum absolute atomic E-state index is 0.102. The van der Waals surface area contributed by atoms with E-state index in [1.54, 1.807) is 19.2 Å². The number of carbonyl (C=O) groups is 2. The van der Waals surface area contributed by atoms with Gasteiger partial charge in [-0.3, -0.25) is 9.59 Å². The van der Waals surface area contributed by atoms with Gasteiger partial charge in [0.2, 0.25) is 11.8 Å². The quantitative estimate of drug-likeness (QED) is 0.918. The van der Waals surface area contributed by atoms with Gasteiger partial charge < -0.3 is 14.8 Å². The molecule has 3 heterocycles. The van der Waals surface area contributed by atoms with Gasteiger partial charge in [0.1, 0.15) is 5.82 Å². The molecule has 5 nitrogen and oxygen atoms in total. The average Bonchev–Trinajstić information content (AvgIpc) is 3.33. The topological polar surface area (TPSA) is 56.4 Å². The maximum atomic E-state index is 13.3. The van der Waals surface area contributed by atoms with E-state index in [0.29, 0.717) is 12.3 Å². The van der Waals surface area contributed by atoms with Crippen LogP contribution in [0.1, 0.15) is 31.7 Å². The third kappa shape index (κ3) is 3.08. The molecule has 2 saturated heterocycles. The number of fused-ring (bicyclic) bond motifs is 1. The third-order valence-corrected chi connectivity index (χ3v) is 5.90. The fourth-order valence-electron chi connectivity index (χ4n) is 4.58. The minimum Gasteiger partial charge on any atom is -0.361 e. The molecule has 0 radical (unpaired) electrons. The van der Waals surface area contributed by atoms with Gasteiger partial charge in [-0.1, -0.05) is 0 Å². The summed E-state index contributed by atoms with van der Waals surface area (Å²) < 4.78 is 13.3. The Labute approximate surface area is 152 Å². The lowest BCUT2D eigenvalue weighted by atomic mass is 9.96. The molecule has 2 atom stereocenters. The van der Waals surface area contributed by atoms with Crippen molar-refractivity contribution in [2.45, 2.75) is 38.6 Å². The predicted octanol–water partition coefficient (Wildman–Crippen LogP) is 2.71. The van der Waals surface area contributed by atoms with Crippen LogP contribution in [0.5, 0.6) is 0 Å². The van der Waals surface area contributed by atoms with E-state index in [1.165, 1.54) is 12.1 Å². The Morgan fingerprint density at radius 1 is 1.27 bits per heavy atom. The number of nitrogens with one attached hydrogen (secondary N) is 1. The molecule has 1 aromatic heterocycles. The van der Waals surface area contributed by atoms with E-state index in [-0.39, 0.29) is 23.7 Å². The molecule has 6 heteroatoms. The molecule has 0 aliphatic carbocycles. The van der Waals surface area contributed by atoms with Crippen molar-refractivity contribution in [2.75, 3.05) is 19.6 Å². The Hall–Kier alpha value is -2.37. The van der Waals surface area contributed by atoms with Gasteiger partial charge >= 0.3 is 0 Å². The molecule has 2 aromatic rings. The first kappa shape index (κ1) is 17.1. The summed E-state index contributed by atoms with van der Waals surface area (Å²) in [6.07, 6.45) is 5.17. The van der Waals surface area contributed by atoms with Crippen molar-refractivity contribution >= 4 is 22.7 Å². The molecule has 1 aromatic carbocycles. The predicted molar refractivity (Wildman–Crippen MR) is 97.1 cm³/mol. The molecule has 26 heavy (non-hydrogen) atoms. The van der Waals surface area contributed by atoms with Crippen LogP contribution in [0.3, 0.4) is 0 Å². The van der Waals surface area contributed by atoms with Crippen molar-refractivity contribution < 1.29 is 14.0 Å². The maximum absolute atomic E-state index is 13.3. The van der Waals surface area contributed by atoms with Crippen molar-refractivity contribution in [1.82, 2.24) is 14.8 Å². The fraction of sp³-hybridized carbons (Fsp3) is 0.500. The second-order valence-electron chi connectivity index (χ2n) is 7.49. The number of benzene rings is 1. The number of halogens is 1. The van der Waals surface area contributed by atoms with Crippen LogP contribution in [0.4, 0.5) is 4.39 Å². The van der Waals surface area contributed by atoms with Crippen LogP contribution >= 0.6 is 0 Å². The summed E-state index contributed by atoms with van der Waals surface area (Å²) >= 11 is 0. The van der Waals surface area contributed by atoms with E-state index >= 15 is 0 Å². The highest BCUT2D eigenvalue weighted by atomic mass is 19.1. The molecule has 1 N–H and O–H groups in total. The standard InChI is InChI=1S/C20H24FN3O2/c1-13(25)24-7-2-3-19(24)14-6-8-23(12-14)20(26)9-15-11-22-18-10-16(21)4-5-17(15)18/h4-5,10-11,14,19,22H,2-3,6-9,12H2,1H3. The van der Waals surface area contributed by atoms with Crippen molar-refractivity contribution in [3.8, 4) is 0 Å². The molecule has 4 rings (SSSR count). The molecule has 138 valence electrons. The SMILES string of the molecule is CC(=O)N1CCCC1C1CCN(C(=O)Cc2c[nH]c3cc(F)ccc23)C1. The number of amides is 2. The number of carbonyl (C=O) groups excluding carboxylic acids is 2. The Morgan fingerprint density at radius 2 is 2.12 bits per heavy atom. The first-order valence-corrected chi connectivity index (χ1v) is 9.33. The molecule has 0 spiro atoms. The average molecular weight is 357 g/mol. The molecule has 2 amide bonds. The van der Waals surface area contributed by atoms with Gasteiger partial charge in [-0.15, -0.1) is 0 Å². The lowest BCUT2D eigenvalue weighted by Crippen LogP contribution is -2.40. The number of rotatable bonds is 3. The van der Waals surface area contributed by atoms with Crippen molar-refractivity contribution in [2.24, 2.45) is 5.92 Å². The molecule has 0 saturated carbocycles. The molecular formula is C20H24FN3O2. The second-order valence-corrected chi connectivity index (χ2v) is 7.49. The Bertz CT molecular complexity index is 847. The van der Waals surface area contributed by atoms with Crippen molar-refractivity contribution in [3.63, 3.8) is 0 Å². The number of hydrogen-bond donors (Lipinski definition) is 1. The van der Waals surface area contributed by atoms with Crippen molar-refractivity contribution in [1.29, 1.82) is 0 Å². The van der Waals surface area contributed by atoms with Gasteiger partial charge in [0.05, 0.1) is 6.42 Å². The number of H-pyrrole nitrogens is 1. The highest BCUT2D eigenvalue weighted by Gasteiger charge is 2.38. The number of aromatic nitrogens is 1. The van der Waals surface area contributed by atoms with E-state index in [2.05, 4.69) is 4.98 Å². The van der Waals surface area contributed by atoms with Gasteiger partial charge in [0, 0.05) is 49.7 Å². The second kappa shape index (κ2) is 6.74. The van der Waals surface area contributed by atoms with E-state index < -0.39 is 0 Å². The van der Waals surface area contributed by atoms with Crippen LogP contribution in [0.2, 0.25) is 0 Å². The maximum Gasteiger partial charge on any atom is 0.227 e. The summed E-state index contributed by atoms with van der Waals surface area (Å²) in [5, 5.41) is 0.897. The number of hydrogen-bond acceptors (Lipinski definition) is 2. The monoisotopic (exact) mass is 357 g/mol. The van der Waals surface area contributed by atoms with Crippen molar-refractivity contribution in [3.05, 3.63) is 35.8 Å². The van der Waals surface area contributed by atoms with Gasteiger partial charge in [0.25, 0.3) is 0 Å². The van der Waals surface area contributed by atoms with Crippen LogP contribution in [0.25, 0.3) is 10.9 Å². The largest absolute Gasteiger partial charge is 0.361 e. The zero-order chi connectivity index (χ0) is 18.3. The van der Waals surface area contributed by atoms with E-state index in [0.717, 1.165) is 55.4 Å². The normalized spacial score (nSPS) is 23.2. The van der Waals surface area contributed by atoms with E-state index in [4.69, 9.17) is 0 Å². The van der Waals surface area contributed by atoms with Gasteiger partial charge in [-0.2, -0.15) is 0 Å². The molecule has 2 unspecified atom stereocenters. The van der Waals surface area contributed by atoms with Crippen LogP contribution in [0.15, 0.2) is 24.4 Å². The van der Waals surface area contributed by atoms with Gasteiger partial charge in [0.15, 0.2) is 0 Å². The summed E-state index contributed by atoms with van der Waals surface area (Å²) in [6.45, 7) is 3.96. The van der Waals surface area contributed by atoms with Crippen LogP contribution in [-0.2, 0) is 16.0 Å². The molecular weight excluding hydrogens is 333 g/mol. The Balaban J connectivity index is 1.42. The zero-order valence-electron chi connectivity index (χ0n) is 15.0. The number of aromatic amines is 1. The van der Waals surface area contributed by atoms with Crippen LogP contribution in [-0.4, -0.2) is 52.3 Å². The lowest BCUT2D eigenvalue weighted by molar-refractivity contribution is -0.130. The summed E-state index contributed by atoms with van der Waals surface area (Å²) in [5.41, 5.74) is 1.62. The molecule has 0 bridgehead atoms. The van der Waals surface area contributed by atoms with Gasteiger partial charge in [-0.25, -0.2) is 4.39 Å². The molecule has 2 aliphatic heterocycles. The van der Waals surface area contributed by atoms with Crippen LogP contribution < -0.4 is 0 Å². The Kier molecular flexibility index (Phi) is 4.42.